The van der Waals surface area contributed by atoms with E-state index in [-0.39, 0.29) is 17.4 Å². The summed E-state index contributed by atoms with van der Waals surface area (Å²) in [5, 5.41) is 0. The van der Waals surface area contributed by atoms with Gasteiger partial charge in [0.1, 0.15) is 11.0 Å². The molecule has 1 aliphatic heterocycles. The highest BCUT2D eigenvalue weighted by molar-refractivity contribution is 7.15. The maximum Gasteiger partial charge on any atom is 0.350 e. The van der Waals surface area contributed by atoms with Gasteiger partial charge in [-0.1, -0.05) is 44.4 Å². The van der Waals surface area contributed by atoms with Crippen LogP contribution in [-0.2, 0) is 14.3 Å². The lowest BCUT2D eigenvalue weighted by molar-refractivity contribution is -0.138. The first-order valence-electron chi connectivity index (χ1n) is 11.4. The van der Waals surface area contributed by atoms with E-state index in [0.29, 0.717) is 29.5 Å². The van der Waals surface area contributed by atoms with E-state index in [4.69, 9.17) is 9.47 Å². The van der Waals surface area contributed by atoms with Gasteiger partial charge in [-0.3, -0.25) is 4.79 Å². The fourth-order valence-electron chi connectivity index (χ4n) is 4.42. The largest absolute Gasteiger partial charge is 0.465 e. The number of ether oxygens (including phenoxy) is 2. The molecule has 2 aliphatic rings. The highest BCUT2D eigenvalue weighted by Gasteiger charge is 2.42. The minimum atomic E-state index is -0.459. The second-order valence-corrected chi connectivity index (χ2v) is 10.7. The Bertz CT molecular complexity index is 851. The zero-order chi connectivity index (χ0) is 22.6. The third-order valence-corrected chi connectivity index (χ3v) is 6.98. The molecular weight excluding hydrogens is 410 g/mol. The third kappa shape index (κ3) is 5.70. The zero-order valence-corrected chi connectivity index (χ0v) is 20.3. The van der Waals surface area contributed by atoms with Crippen LogP contribution in [0.25, 0.3) is 0 Å². The van der Waals surface area contributed by atoms with Crippen LogP contribution in [0.2, 0.25) is 0 Å². The molecular formula is C25H35NO4S. The van der Waals surface area contributed by atoms with Crippen molar-refractivity contribution in [2.45, 2.75) is 84.8 Å². The highest BCUT2D eigenvalue weighted by Crippen LogP contribution is 2.39. The van der Waals surface area contributed by atoms with E-state index in [1.165, 1.54) is 37.7 Å². The van der Waals surface area contributed by atoms with Crippen LogP contribution in [-0.4, -0.2) is 37.7 Å². The van der Waals surface area contributed by atoms with Crippen LogP contribution in [0.15, 0.2) is 6.07 Å². The van der Waals surface area contributed by atoms with Gasteiger partial charge in [-0.05, 0) is 52.0 Å². The minimum Gasteiger partial charge on any atom is -0.465 e. The minimum absolute atomic E-state index is 0.0399. The van der Waals surface area contributed by atoms with Crippen molar-refractivity contribution in [3.8, 4) is 11.8 Å². The van der Waals surface area contributed by atoms with Crippen molar-refractivity contribution in [2.75, 3.05) is 18.6 Å². The normalized spacial score (nSPS) is 22.7. The Balaban J connectivity index is 2.05. The maximum absolute atomic E-state index is 13.6. The van der Waals surface area contributed by atoms with E-state index < -0.39 is 12.1 Å². The molecule has 0 bridgehead atoms. The molecule has 170 valence electrons. The summed E-state index contributed by atoms with van der Waals surface area (Å²) >= 11 is 1.31. The van der Waals surface area contributed by atoms with Gasteiger partial charge >= 0.3 is 5.97 Å². The lowest BCUT2D eigenvalue weighted by atomic mass is 9.82. The number of esters is 1. The maximum atomic E-state index is 13.6. The van der Waals surface area contributed by atoms with Crippen LogP contribution >= 0.6 is 11.3 Å². The van der Waals surface area contributed by atoms with Gasteiger partial charge in [-0.2, -0.15) is 0 Å². The smallest absolute Gasteiger partial charge is 0.350 e. The lowest BCUT2D eigenvalue weighted by Gasteiger charge is -2.44. The molecule has 0 N–H and O–H groups in total. The molecule has 2 heterocycles. The molecule has 1 saturated carbocycles. The molecule has 1 aromatic heterocycles. The predicted molar refractivity (Wildman–Crippen MR) is 124 cm³/mol. The van der Waals surface area contributed by atoms with E-state index >= 15 is 0 Å². The fourth-order valence-corrected chi connectivity index (χ4v) is 5.34. The van der Waals surface area contributed by atoms with E-state index in [9.17, 15) is 9.59 Å². The molecule has 2 atom stereocenters. The van der Waals surface area contributed by atoms with Crippen molar-refractivity contribution in [1.82, 2.24) is 0 Å². The summed E-state index contributed by atoms with van der Waals surface area (Å²) in [6.45, 7) is 8.72. The van der Waals surface area contributed by atoms with E-state index in [1.807, 2.05) is 11.0 Å². The molecule has 5 nitrogen and oxygen atoms in total. The lowest BCUT2D eigenvalue weighted by Crippen LogP contribution is -2.57. The number of nitrogens with zero attached hydrogens (tertiary/aromatic N) is 1. The highest BCUT2D eigenvalue weighted by atomic mass is 32.1. The molecule has 2 fully saturated rings. The standard InChI is InChI=1S/C25H35NO4S/c1-6-10-21-23(27)26(20(16-30-21)17-11-8-7-9-12-17)19-15-18(13-14-25(2,3)4)31-22(19)24(28)29-5/h15,17,20-21H,6-12,16H2,1-5H3/t20-,21+/m0/s1. The summed E-state index contributed by atoms with van der Waals surface area (Å²) in [6.07, 6.45) is 6.87. The van der Waals surface area contributed by atoms with Crippen molar-refractivity contribution < 1.29 is 19.1 Å². The summed E-state index contributed by atoms with van der Waals surface area (Å²) in [6, 6.07) is 1.85. The van der Waals surface area contributed by atoms with Gasteiger partial charge in [0.2, 0.25) is 0 Å². The van der Waals surface area contributed by atoms with Crippen molar-refractivity contribution in [1.29, 1.82) is 0 Å². The SMILES string of the molecule is CCC[C@H]1OC[C@@H](C2CCCCC2)N(c2cc(C#CC(C)(C)C)sc2C(=O)OC)C1=O. The Morgan fingerprint density at radius 1 is 1.29 bits per heavy atom. The van der Waals surface area contributed by atoms with E-state index in [2.05, 4.69) is 39.5 Å². The Kier molecular flexibility index (Phi) is 7.82. The Morgan fingerprint density at radius 2 is 2.00 bits per heavy atom. The first-order chi connectivity index (χ1) is 14.7. The van der Waals surface area contributed by atoms with E-state index in [0.717, 1.165) is 24.1 Å². The van der Waals surface area contributed by atoms with Gasteiger partial charge in [0.15, 0.2) is 0 Å². The van der Waals surface area contributed by atoms with Crippen LogP contribution in [0.3, 0.4) is 0 Å². The Morgan fingerprint density at radius 3 is 2.61 bits per heavy atom. The van der Waals surface area contributed by atoms with Crippen molar-refractivity contribution >= 4 is 28.9 Å². The van der Waals surface area contributed by atoms with Crippen LogP contribution < -0.4 is 4.90 Å². The van der Waals surface area contributed by atoms with Gasteiger partial charge in [-0.15, -0.1) is 11.3 Å². The molecule has 1 saturated heterocycles. The molecule has 0 aromatic carbocycles. The quantitative estimate of drug-likeness (QED) is 0.449. The van der Waals surface area contributed by atoms with Crippen molar-refractivity contribution in [3.05, 3.63) is 15.8 Å². The fraction of sp³-hybridized carbons (Fsp3) is 0.680. The molecule has 0 unspecified atom stereocenters. The summed E-state index contributed by atoms with van der Waals surface area (Å²) in [5.41, 5.74) is 0.487. The molecule has 3 rings (SSSR count). The van der Waals surface area contributed by atoms with Crippen LogP contribution in [0.1, 0.15) is 87.2 Å². The number of carbonyl (C=O) groups excluding carboxylic acids is 2. The second-order valence-electron chi connectivity index (χ2n) is 9.60. The molecule has 31 heavy (non-hydrogen) atoms. The summed E-state index contributed by atoms with van der Waals surface area (Å²) < 4.78 is 11.1. The summed E-state index contributed by atoms with van der Waals surface area (Å²) in [7, 11) is 1.38. The van der Waals surface area contributed by atoms with Crippen LogP contribution in [0.4, 0.5) is 5.69 Å². The number of amides is 1. The molecule has 1 aliphatic carbocycles. The third-order valence-electron chi connectivity index (χ3n) is 5.96. The van der Waals surface area contributed by atoms with Crippen LogP contribution in [0.5, 0.6) is 0 Å². The average Bonchev–Trinajstić information content (AvgIpc) is 3.17. The number of methoxy groups -OCH3 is 1. The van der Waals surface area contributed by atoms with Crippen molar-refractivity contribution in [3.63, 3.8) is 0 Å². The van der Waals surface area contributed by atoms with Crippen LogP contribution in [0, 0.1) is 23.2 Å². The number of hydrogen-bond donors (Lipinski definition) is 0. The zero-order valence-electron chi connectivity index (χ0n) is 19.5. The Hall–Kier alpha value is -1.84. The first kappa shape index (κ1) is 23.8. The number of thiophene rings is 1. The van der Waals surface area contributed by atoms with Gasteiger partial charge in [0.05, 0.1) is 30.3 Å². The van der Waals surface area contributed by atoms with E-state index in [1.54, 1.807) is 0 Å². The first-order valence-corrected chi connectivity index (χ1v) is 12.3. The van der Waals surface area contributed by atoms with Gasteiger partial charge < -0.3 is 14.4 Å². The summed E-state index contributed by atoms with van der Waals surface area (Å²) in [5.74, 6) is 6.36. The number of morpholine rings is 1. The molecule has 0 spiro atoms. The van der Waals surface area contributed by atoms with Gasteiger partial charge in [-0.25, -0.2) is 4.79 Å². The molecule has 1 amide bonds. The Labute approximate surface area is 190 Å². The number of anilines is 1. The molecule has 6 heteroatoms. The predicted octanol–water partition coefficient (Wildman–Crippen LogP) is 5.41. The van der Waals surface area contributed by atoms with Gasteiger partial charge in [0.25, 0.3) is 5.91 Å². The average molecular weight is 446 g/mol. The second kappa shape index (κ2) is 10.2. The topological polar surface area (TPSA) is 55.8 Å². The van der Waals surface area contributed by atoms with Gasteiger partial charge in [0, 0.05) is 5.41 Å². The number of rotatable bonds is 5. The molecule has 1 aromatic rings. The number of hydrogen-bond acceptors (Lipinski definition) is 5. The monoisotopic (exact) mass is 445 g/mol. The molecule has 0 radical (unpaired) electrons. The number of carbonyl (C=O) groups is 2. The summed E-state index contributed by atoms with van der Waals surface area (Å²) in [4.78, 5) is 29.3. The van der Waals surface area contributed by atoms with Crippen molar-refractivity contribution in [2.24, 2.45) is 11.3 Å².